The van der Waals surface area contributed by atoms with Crippen LogP contribution in [0.3, 0.4) is 0 Å². The quantitative estimate of drug-likeness (QED) is 0.731. The minimum Gasteiger partial charge on any atom is -0.366 e. The van der Waals surface area contributed by atoms with Crippen LogP contribution in [0.5, 0.6) is 0 Å². The van der Waals surface area contributed by atoms with Crippen molar-refractivity contribution in [3.63, 3.8) is 0 Å². The zero-order chi connectivity index (χ0) is 12.4. The summed E-state index contributed by atoms with van der Waals surface area (Å²) in [6, 6.07) is 6.12. The summed E-state index contributed by atoms with van der Waals surface area (Å²) < 4.78 is 14.1. The van der Waals surface area contributed by atoms with Gasteiger partial charge >= 0.3 is 0 Å². The normalized spacial score (nSPS) is 15.4. The van der Waals surface area contributed by atoms with Crippen molar-refractivity contribution < 1.29 is 4.39 Å². The smallest absolute Gasteiger partial charge is 0.146 e. The first-order valence-corrected chi connectivity index (χ1v) is 7.35. The van der Waals surface area contributed by atoms with Crippen LogP contribution in [-0.2, 0) is 5.33 Å². The molecule has 0 saturated heterocycles. The van der Waals surface area contributed by atoms with Crippen molar-refractivity contribution in [3.8, 4) is 0 Å². The van der Waals surface area contributed by atoms with Crippen LogP contribution in [0.25, 0.3) is 0 Å². The fourth-order valence-corrected chi connectivity index (χ4v) is 2.44. The Morgan fingerprint density at radius 1 is 1.41 bits per heavy atom. The van der Waals surface area contributed by atoms with Gasteiger partial charge in [0.2, 0.25) is 0 Å². The molecular formula is C14H19BrFN. The van der Waals surface area contributed by atoms with E-state index in [1.807, 2.05) is 12.1 Å². The van der Waals surface area contributed by atoms with Crippen molar-refractivity contribution in [1.29, 1.82) is 0 Å². The molecule has 1 aromatic carbocycles. The molecule has 0 N–H and O–H groups in total. The van der Waals surface area contributed by atoms with Crippen LogP contribution in [0.4, 0.5) is 10.1 Å². The number of halogens is 2. The topological polar surface area (TPSA) is 3.24 Å². The molecule has 0 bridgehead atoms. The van der Waals surface area contributed by atoms with E-state index in [9.17, 15) is 4.39 Å². The van der Waals surface area contributed by atoms with Crippen molar-refractivity contribution in [2.45, 2.75) is 38.1 Å². The highest BCUT2D eigenvalue weighted by atomic mass is 79.9. The predicted octanol–water partition coefficient (Wildman–Crippen LogP) is 4.35. The van der Waals surface area contributed by atoms with Crippen LogP contribution in [0.15, 0.2) is 18.2 Å². The molecule has 2 rings (SSSR count). The van der Waals surface area contributed by atoms with E-state index in [4.69, 9.17) is 0 Å². The van der Waals surface area contributed by atoms with Crippen molar-refractivity contribution >= 4 is 21.6 Å². The highest BCUT2D eigenvalue weighted by molar-refractivity contribution is 9.08. The average molecular weight is 300 g/mol. The summed E-state index contributed by atoms with van der Waals surface area (Å²) in [5.74, 6) is 0.473. The van der Waals surface area contributed by atoms with E-state index in [-0.39, 0.29) is 5.82 Å². The zero-order valence-corrected chi connectivity index (χ0v) is 12.0. The molecule has 1 fully saturated rings. The van der Waals surface area contributed by atoms with Gasteiger partial charge in [0, 0.05) is 17.9 Å². The highest BCUT2D eigenvalue weighted by Gasteiger charge is 2.30. The van der Waals surface area contributed by atoms with E-state index >= 15 is 0 Å². The number of anilines is 1. The van der Waals surface area contributed by atoms with Gasteiger partial charge in [0.25, 0.3) is 0 Å². The maximum Gasteiger partial charge on any atom is 0.146 e. The molecule has 1 saturated carbocycles. The lowest BCUT2D eigenvalue weighted by atomic mass is 10.1. The van der Waals surface area contributed by atoms with Crippen molar-refractivity contribution in [2.24, 2.45) is 5.92 Å². The van der Waals surface area contributed by atoms with Gasteiger partial charge in [-0.15, -0.1) is 0 Å². The second-order valence-corrected chi connectivity index (χ2v) is 5.76. The van der Waals surface area contributed by atoms with Gasteiger partial charge < -0.3 is 4.90 Å². The Bertz CT molecular complexity index is 388. The monoisotopic (exact) mass is 299 g/mol. The Labute approximate surface area is 111 Å². The van der Waals surface area contributed by atoms with Crippen LogP contribution in [0, 0.1) is 11.7 Å². The molecule has 94 valence electrons. The summed E-state index contributed by atoms with van der Waals surface area (Å²) >= 11 is 3.35. The van der Waals surface area contributed by atoms with E-state index in [2.05, 4.69) is 34.7 Å². The first-order valence-electron chi connectivity index (χ1n) is 6.23. The minimum absolute atomic E-state index is 0.0884. The number of alkyl halides is 1. The van der Waals surface area contributed by atoms with Gasteiger partial charge in [-0.05, 0) is 36.5 Å². The second kappa shape index (κ2) is 5.38. The van der Waals surface area contributed by atoms with Crippen LogP contribution in [0.1, 0.15) is 32.3 Å². The maximum atomic E-state index is 14.1. The lowest BCUT2D eigenvalue weighted by molar-refractivity contribution is 0.577. The number of rotatable bonds is 5. The third kappa shape index (κ3) is 3.21. The van der Waals surface area contributed by atoms with E-state index in [0.29, 0.717) is 17.3 Å². The van der Waals surface area contributed by atoms with Crippen LogP contribution < -0.4 is 4.90 Å². The molecule has 0 aliphatic heterocycles. The number of hydrogen-bond donors (Lipinski definition) is 0. The first-order chi connectivity index (χ1) is 8.11. The van der Waals surface area contributed by atoms with Gasteiger partial charge in [0.05, 0.1) is 5.69 Å². The summed E-state index contributed by atoms with van der Waals surface area (Å²) in [5.41, 5.74) is 1.76. The predicted molar refractivity (Wildman–Crippen MR) is 74.2 cm³/mol. The Balaban J connectivity index is 2.23. The molecule has 0 atom stereocenters. The van der Waals surface area contributed by atoms with E-state index in [1.165, 1.54) is 12.8 Å². The minimum atomic E-state index is -0.0884. The molecule has 0 spiro atoms. The molecule has 3 heteroatoms. The Morgan fingerprint density at radius 3 is 2.59 bits per heavy atom. The molecule has 0 amide bonds. The molecule has 0 aromatic heterocycles. The van der Waals surface area contributed by atoms with E-state index in [1.54, 1.807) is 6.07 Å². The van der Waals surface area contributed by atoms with Crippen LogP contribution in [-0.4, -0.2) is 12.6 Å². The van der Waals surface area contributed by atoms with E-state index < -0.39 is 0 Å². The highest BCUT2D eigenvalue weighted by Crippen LogP contribution is 2.34. The largest absolute Gasteiger partial charge is 0.366 e. The SMILES string of the molecule is CC(C)CN(c1ccc(CBr)cc1F)C1CC1. The lowest BCUT2D eigenvalue weighted by Gasteiger charge is -2.27. The van der Waals surface area contributed by atoms with Crippen molar-refractivity contribution in [3.05, 3.63) is 29.6 Å². The third-order valence-corrected chi connectivity index (χ3v) is 3.67. The number of nitrogens with zero attached hydrogens (tertiary/aromatic N) is 1. The molecular weight excluding hydrogens is 281 g/mol. The molecule has 1 aliphatic rings. The van der Waals surface area contributed by atoms with Gasteiger partial charge in [-0.25, -0.2) is 4.39 Å². The van der Waals surface area contributed by atoms with Crippen molar-refractivity contribution in [1.82, 2.24) is 0 Å². The van der Waals surface area contributed by atoms with Crippen molar-refractivity contribution in [2.75, 3.05) is 11.4 Å². The lowest BCUT2D eigenvalue weighted by Crippen LogP contribution is -2.30. The summed E-state index contributed by atoms with van der Waals surface area (Å²) in [4.78, 5) is 2.23. The van der Waals surface area contributed by atoms with Gasteiger partial charge in [0.1, 0.15) is 5.82 Å². The number of benzene rings is 1. The summed E-state index contributed by atoms with van der Waals surface area (Å²) in [5, 5.41) is 0.706. The van der Waals surface area contributed by atoms with Crippen LogP contribution in [0.2, 0.25) is 0 Å². The molecule has 1 nitrogen and oxygen atoms in total. The standard InChI is InChI=1S/C14H19BrFN/c1-10(2)9-17(12-4-5-12)14-6-3-11(8-15)7-13(14)16/h3,6-7,10,12H,4-5,8-9H2,1-2H3. The summed E-state index contributed by atoms with van der Waals surface area (Å²) in [7, 11) is 0. The Hall–Kier alpha value is -0.570. The molecule has 0 heterocycles. The van der Waals surface area contributed by atoms with E-state index in [0.717, 1.165) is 17.8 Å². The molecule has 17 heavy (non-hydrogen) atoms. The molecule has 0 unspecified atom stereocenters. The van der Waals surface area contributed by atoms with Crippen LogP contribution >= 0.6 is 15.9 Å². The average Bonchev–Trinajstić information content (AvgIpc) is 3.09. The Kier molecular flexibility index (Phi) is 4.08. The maximum absolute atomic E-state index is 14.1. The van der Waals surface area contributed by atoms with Gasteiger partial charge in [-0.3, -0.25) is 0 Å². The summed E-state index contributed by atoms with van der Waals surface area (Å²) in [6.07, 6.45) is 2.40. The molecule has 0 radical (unpaired) electrons. The Morgan fingerprint density at radius 2 is 2.12 bits per heavy atom. The van der Waals surface area contributed by atoms with Gasteiger partial charge in [-0.1, -0.05) is 35.8 Å². The fourth-order valence-electron chi connectivity index (χ4n) is 2.09. The third-order valence-electron chi connectivity index (χ3n) is 3.03. The fraction of sp³-hybridized carbons (Fsp3) is 0.571. The van der Waals surface area contributed by atoms with Gasteiger partial charge in [-0.2, -0.15) is 0 Å². The number of hydrogen-bond acceptors (Lipinski definition) is 1. The summed E-state index contributed by atoms with van der Waals surface area (Å²) in [6.45, 7) is 5.30. The second-order valence-electron chi connectivity index (χ2n) is 5.20. The molecule has 1 aliphatic carbocycles. The van der Waals surface area contributed by atoms with Gasteiger partial charge in [0.15, 0.2) is 0 Å². The first kappa shape index (κ1) is 12.9. The molecule has 1 aromatic rings. The zero-order valence-electron chi connectivity index (χ0n) is 10.4.